The van der Waals surface area contributed by atoms with Gasteiger partial charge in [0.25, 0.3) is 11.8 Å². The van der Waals surface area contributed by atoms with Gasteiger partial charge in [0, 0.05) is 10.9 Å². The normalized spacial score (nSPS) is 13.8. The molecule has 36 heavy (non-hydrogen) atoms. The molecular formula is C23H29ClN4O6S2. The van der Waals surface area contributed by atoms with Crippen LogP contribution in [-0.2, 0) is 19.4 Å². The van der Waals surface area contributed by atoms with Gasteiger partial charge in [-0.05, 0) is 51.3 Å². The summed E-state index contributed by atoms with van der Waals surface area (Å²) in [6.07, 6.45) is -0.678. The molecule has 0 fully saturated rings. The largest absolute Gasteiger partial charge is 0.444 e. The minimum atomic E-state index is -3.92. The van der Waals surface area contributed by atoms with Crippen LogP contribution in [0.25, 0.3) is 0 Å². The molecule has 1 aromatic heterocycles. The molecule has 5 amide bonds. The second kappa shape index (κ2) is 12.3. The van der Waals surface area contributed by atoms with Crippen molar-refractivity contribution >= 4 is 56.8 Å². The van der Waals surface area contributed by atoms with E-state index in [0.29, 0.717) is 0 Å². The Labute approximate surface area is 219 Å². The Balaban J connectivity index is 2.35. The maximum atomic E-state index is 13.8. The fourth-order valence-corrected chi connectivity index (χ4v) is 5.78. The number of amides is 5. The van der Waals surface area contributed by atoms with Gasteiger partial charge >= 0.3 is 12.1 Å². The first-order valence-corrected chi connectivity index (χ1v) is 13.7. The van der Waals surface area contributed by atoms with Crippen molar-refractivity contribution in [2.75, 3.05) is 0 Å². The monoisotopic (exact) mass is 556 g/mol. The van der Waals surface area contributed by atoms with Crippen molar-refractivity contribution < 1.29 is 28.1 Å². The topological polar surface area (TPSA) is 143 Å². The van der Waals surface area contributed by atoms with Crippen molar-refractivity contribution in [3.05, 3.63) is 52.4 Å². The summed E-state index contributed by atoms with van der Waals surface area (Å²) in [5.41, 5.74) is -0.608. The minimum Gasteiger partial charge on any atom is -0.444 e. The van der Waals surface area contributed by atoms with E-state index in [1.807, 2.05) is 13.8 Å². The Kier molecular flexibility index (Phi) is 10.0. The zero-order valence-corrected chi connectivity index (χ0v) is 22.9. The van der Waals surface area contributed by atoms with Crippen molar-refractivity contribution in [1.29, 1.82) is 0 Å². The third-order valence-electron chi connectivity index (χ3n) is 4.22. The van der Waals surface area contributed by atoms with Gasteiger partial charge in [0.15, 0.2) is 9.92 Å². The third-order valence-corrected chi connectivity index (χ3v) is 7.82. The Morgan fingerprint density at radius 2 is 1.78 bits per heavy atom. The molecule has 0 bridgehead atoms. The minimum absolute atomic E-state index is 0.0104. The molecule has 0 aliphatic heterocycles. The van der Waals surface area contributed by atoms with Crippen molar-refractivity contribution in [1.82, 2.24) is 15.4 Å². The van der Waals surface area contributed by atoms with E-state index in [2.05, 4.69) is 19.7 Å². The molecule has 0 spiro atoms. The number of hydrogen-bond donors (Lipinski definition) is 3. The molecule has 13 heteroatoms. The van der Waals surface area contributed by atoms with E-state index in [9.17, 15) is 23.4 Å². The summed E-state index contributed by atoms with van der Waals surface area (Å²) in [7, 11) is -3.92. The average molecular weight is 557 g/mol. The van der Waals surface area contributed by atoms with Crippen molar-refractivity contribution in [2.45, 2.75) is 56.9 Å². The maximum Gasteiger partial charge on any atom is 0.408 e. The molecule has 0 radical (unpaired) electrons. The number of nitrogens with one attached hydrogen (secondary N) is 3. The van der Waals surface area contributed by atoms with E-state index in [-0.39, 0.29) is 27.1 Å². The highest BCUT2D eigenvalue weighted by atomic mass is 35.5. The molecule has 3 N–H and O–H groups in total. The molecule has 0 saturated carbocycles. The molecule has 2 atom stereocenters. The lowest BCUT2D eigenvalue weighted by Crippen LogP contribution is -2.45. The summed E-state index contributed by atoms with van der Waals surface area (Å²) < 4.78 is 24.9. The lowest BCUT2D eigenvalue weighted by molar-refractivity contribution is -0.120. The number of hydrogen-bond acceptors (Lipinski definition) is 7. The number of nitrogens with zero attached hydrogens (tertiary/aromatic N) is 1. The maximum absolute atomic E-state index is 13.8. The van der Waals surface area contributed by atoms with E-state index in [4.69, 9.17) is 16.3 Å². The highest BCUT2D eigenvalue weighted by molar-refractivity contribution is 7.94. The van der Waals surface area contributed by atoms with Crippen LogP contribution in [0.15, 0.2) is 50.4 Å². The number of alkyl carbamates (subject to hydrolysis) is 1. The van der Waals surface area contributed by atoms with Crippen LogP contribution >= 0.6 is 22.9 Å². The Morgan fingerprint density at radius 3 is 2.31 bits per heavy atom. The molecule has 0 aliphatic carbocycles. The Morgan fingerprint density at radius 1 is 1.14 bits per heavy atom. The first-order chi connectivity index (χ1) is 16.7. The second-order valence-electron chi connectivity index (χ2n) is 9.12. The van der Waals surface area contributed by atoms with Crippen LogP contribution in [0.3, 0.4) is 0 Å². The summed E-state index contributed by atoms with van der Waals surface area (Å²) >= 11 is 6.88. The number of urea groups is 1. The molecule has 2 aromatic rings. The number of thiophene rings is 1. The van der Waals surface area contributed by atoms with Crippen LogP contribution in [0, 0.1) is 5.92 Å². The van der Waals surface area contributed by atoms with Crippen molar-refractivity contribution in [3.8, 4) is 0 Å². The molecule has 1 unspecified atom stereocenters. The van der Waals surface area contributed by atoms with Gasteiger partial charge in [0.1, 0.15) is 15.9 Å². The van der Waals surface area contributed by atoms with E-state index in [1.165, 1.54) is 23.6 Å². The highest BCUT2D eigenvalue weighted by Gasteiger charge is 2.28. The molecule has 196 valence electrons. The molecule has 1 aromatic carbocycles. The smallest absolute Gasteiger partial charge is 0.408 e. The zero-order chi connectivity index (χ0) is 27.1. The number of halogens is 1. The van der Waals surface area contributed by atoms with Gasteiger partial charge in [0.05, 0.1) is 5.02 Å². The van der Waals surface area contributed by atoms with Crippen molar-refractivity contribution in [2.24, 2.45) is 10.3 Å². The average Bonchev–Trinajstić information content (AvgIpc) is 3.19. The summed E-state index contributed by atoms with van der Waals surface area (Å²) in [4.78, 5) is 50.3. The first kappa shape index (κ1) is 29.3. The Hall–Kier alpha value is -2.96. The molecular weight excluding hydrogens is 528 g/mol. The molecule has 0 aliphatic rings. The van der Waals surface area contributed by atoms with E-state index < -0.39 is 45.5 Å². The van der Waals surface area contributed by atoms with Crippen LogP contribution in [-0.4, -0.2) is 39.8 Å². The van der Waals surface area contributed by atoms with Gasteiger partial charge in [0.2, 0.25) is 0 Å². The lowest BCUT2D eigenvalue weighted by Gasteiger charge is -2.23. The van der Waals surface area contributed by atoms with Gasteiger partial charge in [-0.2, -0.15) is 0 Å². The van der Waals surface area contributed by atoms with Gasteiger partial charge in [-0.1, -0.05) is 43.6 Å². The summed E-state index contributed by atoms with van der Waals surface area (Å²) in [5, 5.41) is 6.19. The summed E-state index contributed by atoms with van der Waals surface area (Å²) in [5.74, 6) is -1.73. The van der Waals surface area contributed by atoms with Gasteiger partial charge < -0.3 is 10.1 Å². The quantitative estimate of drug-likeness (QED) is 0.449. The fourth-order valence-electron chi connectivity index (χ4n) is 2.81. The number of carbonyl (C=O) groups is 4. The van der Waals surface area contributed by atoms with Crippen LogP contribution in [0.5, 0.6) is 0 Å². The Bertz CT molecular complexity index is 1230. The standard InChI is InChI=1S/C23H29ClN4O6S2/c1-14(2)11-17(25-22(32)34-23(3,4)5)20(30)27-36(33,18-12-16(24)13-35-18)28-21(31)26-19(29)15-9-7-6-8-10-15/h6-10,12-14,17H,11H2,1-5H3,(H,25,32)(H2,26,27,28,29,30,31,33)/t17-,36?/m0/s1. The van der Waals surface area contributed by atoms with Gasteiger partial charge in [-0.25, -0.2) is 18.5 Å². The second-order valence-corrected chi connectivity index (χ2v) is 12.6. The molecule has 1 heterocycles. The number of benzene rings is 1. The highest BCUT2D eigenvalue weighted by Crippen LogP contribution is 2.25. The molecule has 2 rings (SSSR count). The van der Waals surface area contributed by atoms with E-state index >= 15 is 0 Å². The number of ether oxygens (including phenoxy) is 1. The van der Waals surface area contributed by atoms with Crippen LogP contribution < -0.4 is 15.4 Å². The van der Waals surface area contributed by atoms with Gasteiger partial charge in [-0.3, -0.25) is 14.9 Å². The van der Waals surface area contributed by atoms with E-state index in [0.717, 1.165) is 11.3 Å². The number of imide groups is 1. The number of rotatable bonds is 7. The van der Waals surface area contributed by atoms with Crippen molar-refractivity contribution in [3.63, 3.8) is 0 Å². The third kappa shape index (κ3) is 9.25. The summed E-state index contributed by atoms with van der Waals surface area (Å²) in [6, 6.07) is 6.91. The fraction of sp³-hybridized carbons (Fsp3) is 0.391. The van der Waals surface area contributed by atoms with Crippen LogP contribution in [0.4, 0.5) is 9.59 Å². The van der Waals surface area contributed by atoms with Crippen LogP contribution in [0.1, 0.15) is 51.4 Å². The zero-order valence-electron chi connectivity index (χ0n) is 20.5. The molecule has 10 nitrogen and oxygen atoms in total. The predicted octanol–water partition coefficient (Wildman–Crippen LogP) is 4.75. The lowest BCUT2D eigenvalue weighted by atomic mass is 10.0. The van der Waals surface area contributed by atoms with Crippen LogP contribution in [0.2, 0.25) is 5.02 Å². The first-order valence-electron chi connectivity index (χ1n) is 10.9. The summed E-state index contributed by atoms with van der Waals surface area (Å²) in [6.45, 7) is 8.66. The number of carbonyl (C=O) groups excluding carboxylic acids is 4. The van der Waals surface area contributed by atoms with E-state index in [1.54, 1.807) is 39.0 Å². The SMILES string of the molecule is CC(C)C[C@H](NC(=O)OC(C)(C)C)C(=O)N=S(=O)(NC(=O)NC(=O)c1ccccc1)c1cc(Cl)cs1. The molecule has 0 saturated heterocycles. The predicted molar refractivity (Wildman–Crippen MR) is 138 cm³/mol. The van der Waals surface area contributed by atoms with Gasteiger partial charge in [-0.15, -0.1) is 15.7 Å².